The van der Waals surface area contributed by atoms with E-state index in [1.807, 2.05) is 38.1 Å². The van der Waals surface area contributed by atoms with Crippen LogP contribution in [0.25, 0.3) is 11.1 Å². The van der Waals surface area contributed by atoms with Gasteiger partial charge in [0.1, 0.15) is 0 Å². The number of benzene rings is 3. The number of hydrogen-bond donors (Lipinski definition) is 2. The zero-order valence-corrected chi connectivity index (χ0v) is 17.3. The molecule has 0 bridgehead atoms. The second-order valence-electron chi connectivity index (χ2n) is 8.19. The number of nitrogens with two attached hydrogens (primary N) is 1. The number of nitrogens with one attached hydrogen (secondary N) is 1. The van der Waals surface area contributed by atoms with Crippen LogP contribution in [0.4, 0.5) is 18.9 Å². The van der Waals surface area contributed by atoms with E-state index in [1.165, 1.54) is 17.7 Å². The Morgan fingerprint density at radius 1 is 0.968 bits per heavy atom. The van der Waals surface area contributed by atoms with Gasteiger partial charge in [0.25, 0.3) is 5.91 Å². The molecule has 1 atom stereocenters. The number of hydrogen-bond acceptors (Lipinski definition) is 2. The molecule has 0 aliphatic heterocycles. The van der Waals surface area contributed by atoms with Crippen LogP contribution in [0.2, 0.25) is 0 Å². The Balaban J connectivity index is 1.69. The number of anilines is 1. The summed E-state index contributed by atoms with van der Waals surface area (Å²) in [4.78, 5) is 13.2. The van der Waals surface area contributed by atoms with Crippen molar-refractivity contribution in [2.45, 2.75) is 38.9 Å². The van der Waals surface area contributed by atoms with Gasteiger partial charge in [0.2, 0.25) is 0 Å². The molecule has 3 nitrogen and oxygen atoms in total. The van der Waals surface area contributed by atoms with Crippen LogP contribution in [0.3, 0.4) is 0 Å². The molecule has 6 heteroatoms. The minimum atomic E-state index is -4.41. The molecule has 0 fully saturated rings. The van der Waals surface area contributed by atoms with Gasteiger partial charge < -0.3 is 11.1 Å². The van der Waals surface area contributed by atoms with E-state index in [4.69, 9.17) is 5.73 Å². The van der Waals surface area contributed by atoms with Crippen LogP contribution in [-0.2, 0) is 19.0 Å². The Hall–Kier alpha value is -3.12. The van der Waals surface area contributed by atoms with Crippen molar-refractivity contribution in [2.24, 2.45) is 5.73 Å². The minimum absolute atomic E-state index is 0.103. The van der Waals surface area contributed by atoms with Crippen molar-refractivity contribution in [3.05, 3.63) is 88.0 Å². The fourth-order valence-electron chi connectivity index (χ4n) is 4.28. The average Bonchev–Trinajstić information content (AvgIpc) is 3.06. The fraction of sp³-hybridized carbons (Fsp3) is 0.240. The first-order chi connectivity index (χ1) is 14.6. The van der Waals surface area contributed by atoms with E-state index in [0.717, 1.165) is 41.7 Å². The number of alkyl halides is 3. The Kier molecular flexibility index (Phi) is 5.35. The Morgan fingerprint density at radius 3 is 2.32 bits per heavy atom. The topological polar surface area (TPSA) is 55.1 Å². The monoisotopic (exact) mass is 424 g/mol. The van der Waals surface area contributed by atoms with Gasteiger partial charge in [-0.25, -0.2) is 0 Å². The van der Waals surface area contributed by atoms with Crippen molar-refractivity contribution >= 4 is 11.6 Å². The van der Waals surface area contributed by atoms with E-state index >= 15 is 0 Å². The highest BCUT2D eigenvalue weighted by atomic mass is 19.4. The molecular formula is C25H23F3N2O. The largest absolute Gasteiger partial charge is 0.416 e. The molecule has 0 spiro atoms. The molecule has 0 unspecified atom stereocenters. The zero-order chi connectivity index (χ0) is 22.3. The maximum atomic E-state index is 13.2. The number of amides is 1. The summed E-state index contributed by atoms with van der Waals surface area (Å²) in [6, 6.07) is 14.5. The van der Waals surface area contributed by atoms with Crippen molar-refractivity contribution in [2.75, 3.05) is 5.32 Å². The molecule has 3 aromatic rings. The lowest BCUT2D eigenvalue weighted by Crippen LogP contribution is -2.19. The van der Waals surface area contributed by atoms with Gasteiger partial charge in [-0.15, -0.1) is 0 Å². The average molecular weight is 424 g/mol. The van der Waals surface area contributed by atoms with Gasteiger partial charge >= 0.3 is 6.18 Å². The molecule has 1 amide bonds. The van der Waals surface area contributed by atoms with Gasteiger partial charge in [-0.1, -0.05) is 29.8 Å². The minimum Gasteiger partial charge on any atom is -0.327 e. The maximum absolute atomic E-state index is 13.2. The van der Waals surface area contributed by atoms with E-state index in [1.54, 1.807) is 6.07 Å². The number of fused-ring (bicyclic) bond motifs is 1. The first-order valence-electron chi connectivity index (χ1n) is 10.1. The SMILES string of the molecule is Cc1cc(C)c(-c2ccc(C(F)(F)F)cc2)c(C(=O)Nc2ccc3c(c2)C[C@H](N)C3)c1. The highest BCUT2D eigenvalue weighted by Gasteiger charge is 2.30. The molecule has 1 aliphatic rings. The third kappa shape index (κ3) is 4.35. The normalized spacial score (nSPS) is 15.6. The summed E-state index contributed by atoms with van der Waals surface area (Å²) in [7, 11) is 0. The van der Waals surface area contributed by atoms with E-state index in [0.29, 0.717) is 22.4 Å². The van der Waals surface area contributed by atoms with Crippen molar-refractivity contribution < 1.29 is 18.0 Å². The summed E-state index contributed by atoms with van der Waals surface area (Å²) in [6.45, 7) is 3.74. The van der Waals surface area contributed by atoms with Crippen LogP contribution in [0.5, 0.6) is 0 Å². The molecular weight excluding hydrogens is 401 g/mol. The smallest absolute Gasteiger partial charge is 0.327 e. The highest BCUT2D eigenvalue weighted by molar-refractivity contribution is 6.09. The zero-order valence-electron chi connectivity index (χ0n) is 17.3. The van der Waals surface area contributed by atoms with E-state index < -0.39 is 11.7 Å². The molecule has 0 saturated carbocycles. The lowest BCUT2D eigenvalue weighted by Gasteiger charge is -2.16. The maximum Gasteiger partial charge on any atom is 0.416 e. The van der Waals surface area contributed by atoms with Gasteiger partial charge in [-0.2, -0.15) is 13.2 Å². The lowest BCUT2D eigenvalue weighted by molar-refractivity contribution is -0.137. The molecule has 160 valence electrons. The van der Waals surface area contributed by atoms with Crippen LogP contribution in [0.1, 0.15) is 38.2 Å². The fourth-order valence-corrected chi connectivity index (χ4v) is 4.28. The van der Waals surface area contributed by atoms with Crippen molar-refractivity contribution in [3.63, 3.8) is 0 Å². The predicted molar refractivity (Wildman–Crippen MR) is 116 cm³/mol. The third-order valence-electron chi connectivity index (χ3n) is 5.65. The highest BCUT2D eigenvalue weighted by Crippen LogP contribution is 2.34. The molecule has 0 heterocycles. The summed E-state index contributed by atoms with van der Waals surface area (Å²) < 4.78 is 38.9. The number of carbonyl (C=O) groups excluding carboxylic acids is 1. The number of halogens is 3. The first kappa shape index (κ1) is 21.1. The van der Waals surface area contributed by atoms with Crippen molar-refractivity contribution in [3.8, 4) is 11.1 Å². The Labute approximate surface area is 179 Å². The quantitative estimate of drug-likeness (QED) is 0.569. The van der Waals surface area contributed by atoms with Crippen LogP contribution >= 0.6 is 0 Å². The van der Waals surface area contributed by atoms with Gasteiger partial charge in [0.05, 0.1) is 5.56 Å². The molecule has 1 aliphatic carbocycles. The number of carbonyl (C=O) groups is 1. The third-order valence-corrected chi connectivity index (χ3v) is 5.65. The summed E-state index contributed by atoms with van der Waals surface area (Å²) in [5, 5.41) is 2.94. The first-order valence-corrected chi connectivity index (χ1v) is 10.1. The molecule has 0 saturated heterocycles. The summed E-state index contributed by atoms with van der Waals surface area (Å²) in [6.07, 6.45) is -2.80. The van der Waals surface area contributed by atoms with Gasteiger partial charge in [-0.3, -0.25) is 4.79 Å². The van der Waals surface area contributed by atoms with Crippen LogP contribution in [-0.4, -0.2) is 11.9 Å². The summed E-state index contributed by atoms with van der Waals surface area (Å²) in [5.74, 6) is -0.302. The lowest BCUT2D eigenvalue weighted by atomic mass is 9.92. The van der Waals surface area contributed by atoms with Crippen LogP contribution in [0.15, 0.2) is 54.6 Å². The number of aryl methyl sites for hydroxylation is 2. The summed E-state index contributed by atoms with van der Waals surface area (Å²) in [5.41, 5.74) is 11.7. The second-order valence-corrected chi connectivity index (χ2v) is 8.19. The van der Waals surface area contributed by atoms with Gasteiger partial charge in [0.15, 0.2) is 0 Å². The summed E-state index contributed by atoms with van der Waals surface area (Å²) >= 11 is 0. The predicted octanol–water partition coefficient (Wildman–Crippen LogP) is 5.67. The molecule has 3 aromatic carbocycles. The van der Waals surface area contributed by atoms with Gasteiger partial charge in [0, 0.05) is 17.3 Å². The molecule has 4 rings (SSSR count). The van der Waals surface area contributed by atoms with Crippen molar-refractivity contribution in [1.29, 1.82) is 0 Å². The van der Waals surface area contributed by atoms with E-state index in [2.05, 4.69) is 5.32 Å². The van der Waals surface area contributed by atoms with Gasteiger partial charge in [-0.05, 0) is 84.8 Å². The van der Waals surface area contributed by atoms with E-state index in [9.17, 15) is 18.0 Å². The van der Waals surface area contributed by atoms with Crippen LogP contribution < -0.4 is 11.1 Å². The van der Waals surface area contributed by atoms with Crippen LogP contribution in [0, 0.1) is 13.8 Å². The molecule has 31 heavy (non-hydrogen) atoms. The molecule has 0 aromatic heterocycles. The Morgan fingerprint density at radius 2 is 1.65 bits per heavy atom. The Bertz CT molecular complexity index is 1150. The molecule has 3 N–H and O–H groups in total. The standard InChI is InChI=1S/C25H23F3N2O/c1-14-9-15(2)23(16-3-6-19(7-4-16)25(26,27)28)22(10-14)24(31)30-21-8-5-17-11-20(29)12-18(17)13-21/h3-10,13,20H,11-12,29H2,1-2H3,(H,30,31)/t20-/m1/s1. The second kappa shape index (κ2) is 7.85. The van der Waals surface area contributed by atoms with Crippen molar-refractivity contribution in [1.82, 2.24) is 0 Å². The molecule has 0 radical (unpaired) electrons. The number of rotatable bonds is 3. The van der Waals surface area contributed by atoms with E-state index in [-0.39, 0.29) is 11.9 Å².